The minimum Gasteiger partial charge on any atom is -0.449 e. The maximum Gasteiger partial charge on any atom is 0.416 e. The second kappa shape index (κ2) is 9.16. The van der Waals surface area contributed by atoms with Crippen molar-refractivity contribution >= 4 is 29.3 Å². The van der Waals surface area contributed by atoms with Gasteiger partial charge in [-0.05, 0) is 42.8 Å². The number of hydrogen-bond acceptors (Lipinski definition) is 5. The lowest BCUT2D eigenvalue weighted by atomic mass is 10.1. The van der Waals surface area contributed by atoms with Gasteiger partial charge >= 0.3 is 17.8 Å². The number of anilines is 1. The minimum atomic E-state index is -4.54. The van der Waals surface area contributed by atoms with Crippen molar-refractivity contribution in [1.29, 1.82) is 0 Å². The molecule has 2 aromatic rings. The SMILES string of the molecule is CC(OC(=O)/C=C/c1cccc(C(F)(F)F)c1)C(=O)Nc1ccc(F)c([N+](=O)[O-])c1. The number of ether oxygens (including phenoxy) is 1. The highest BCUT2D eigenvalue weighted by molar-refractivity contribution is 5.96. The lowest BCUT2D eigenvalue weighted by Crippen LogP contribution is -2.29. The molecule has 0 aliphatic heterocycles. The Balaban J connectivity index is 1.99. The summed E-state index contributed by atoms with van der Waals surface area (Å²) in [4.78, 5) is 33.6. The van der Waals surface area contributed by atoms with Crippen LogP contribution in [0.4, 0.5) is 28.9 Å². The fourth-order valence-electron chi connectivity index (χ4n) is 2.22. The maximum atomic E-state index is 13.3. The van der Waals surface area contributed by atoms with E-state index in [0.29, 0.717) is 0 Å². The summed E-state index contributed by atoms with van der Waals surface area (Å²) in [7, 11) is 0. The molecular weight excluding hydrogens is 412 g/mol. The van der Waals surface area contributed by atoms with Crippen LogP contribution < -0.4 is 5.32 Å². The lowest BCUT2D eigenvalue weighted by molar-refractivity contribution is -0.387. The molecule has 0 radical (unpaired) electrons. The standard InChI is InChI=1S/C19H14F4N2O5/c1-11(18(27)24-14-6-7-15(20)16(10-14)25(28)29)30-17(26)8-5-12-3-2-4-13(9-12)19(21,22)23/h2-11H,1H3,(H,24,27)/b8-5+. The molecule has 30 heavy (non-hydrogen) atoms. The largest absolute Gasteiger partial charge is 0.449 e. The molecule has 158 valence electrons. The average Bonchev–Trinajstić information content (AvgIpc) is 2.67. The highest BCUT2D eigenvalue weighted by Crippen LogP contribution is 2.29. The summed E-state index contributed by atoms with van der Waals surface area (Å²) in [5.74, 6) is -2.94. The fourth-order valence-corrected chi connectivity index (χ4v) is 2.22. The zero-order chi connectivity index (χ0) is 22.5. The first-order valence-corrected chi connectivity index (χ1v) is 8.28. The van der Waals surface area contributed by atoms with Crippen LogP contribution in [0, 0.1) is 15.9 Å². The molecule has 2 aromatic carbocycles. The average molecular weight is 426 g/mol. The van der Waals surface area contributed by atoms with Gasteiger partial charge in [0.15, 0.2) is 6.10 Å². The molecular formula is C19H14F4N2O5. The van der Waals surface area contributed by atoms with Gasteiger partial charge in [0.05, 0.1) is 10.5 Å². The van der Waals surface area contributed by atoms with Crippen LogP contribution in [0.1, 0.15) is 18.1 Å². The monoisotopic (exact) mass is 426 g/mol. The van der Waals surface area contributed by atoms with E-state index in [-0.39, 0.29) is 11.3 Å². The Morgan fingerprint density at radius 2 is 1.90 bits per heavy atom. The molecule has 11 heteroatoms. The molecule has 0 fully saturated rings. The zero-order valence-electron chi connectivity index (χ0n) is 15.3. The van der Waals surface area contributed by atoms with E-state index in [9.17, 15) is 37.3 Å². The molecule has 0 bridgehead atoms. The molecule has 0 aliphatic carbocycles. The number of alkyl halides is 3. The van der Waals surface area contributed by atoms with Crippen LogP contribution in [0.5, 0.6) is 0 Å². The topological polar surface area (TPSA) is 98.5 Å². The number of hydrogen-bond donors (Lipinski definition) is 1. The van der Waals surface area contributed by atoms with Crippen molar-refractivity contribution in [3.05, 3.63) is 75.6 Å². The minimum absolute atomic E-state index is 0.0875. The fraction of sp³-hybridized carbons (Fsp3) is 0.158. The molecule has 0 saturated heterocycles. The molecule has 1 amide bonds. The van der Waals surface area contributed by atoms with Crippen LogP contribution in [-0.4, -0.2) is 22.9 Å². The number of amides is 1. The van der Waals surface area contributed by atoms with E-state index >= 15 is 0 Å². The molecule has 0 spiro atoms. The highest BCUT2D eigenvalue weighted by Gasteiger charge is 2.30. The number of rotatable bonds is 6. The van der Waals surface area contributed by atoms with Gasteiger partial charge in [0.25, 0.3) is 5.91 Å². The summed E-state index contributed by atoms with van der Waals surface area (Å²) in [6, 6.07) is 6.91. The van der Waals surface area contributed by atoms with Gasteiger partial charge in [0, 0.05) is 17.8 Å². The lowest BCUT2D eigenvalue weighted by Gasteiger charge is -2.12. The van der Waals surface area contributed by atoms with Crippen molar-refractivity contribution in [2.45, 2.75) is 19.2 Å². The van der Waals surface area contributed by atoms with E-state index in [1.165, 1.54) is 19.1 Å². The molecule has 1 atom stereocenters. The van der Waals surface area contributed by atoms with Crippen LogP contribution >= 0.6 is 0 Å². The Morgan fingerprint density at radius 3 is 2.53 bits per heavy atom. The van der Waals surface area contributed by atoms with Gasteiger partial charge in [-0.15, -0.1) is 0 Å². The Morgan fingerprint density at radius 1 is 1.20 bits per heavy atom. The Kier molecular flexibility index (Phi) is 6.88. The number of carbonyl (C=O) groups is 2. The Bertz CT molecular complexity index is 1000. The van der Waals surface area contributed by atoms with Crippen LogP contribution in [0.15, 0.2) is 48.5 Å². The van der Waals surface area contributed by atoms with Crippen molar-refractivity contribution in [3.8, 4) is 0 Å². The summed E-state index contributed by atoms with van der Waals surface area (Å²) in [5, 5.41) is 12.9. The number of benzene rings is 2. The van der Waals surface area contributed by atoms with Crippen LogP contribution in [-0.2, 0) is 20.5 Å². The van der Waals surface area contributed by atoms with E-state index in [2.05, 4.69) is 5.32 Å². The molecule has 0 aromatic heterocycles. The smallest absolute Gasteiger partial charge is 0.416 e. The van der Waals surface area contributed by atoms with Gasteiger partial charge in [-0.3, -0.25) is 14.9 Å². The van der Waals surface area contributed by atoms with E-state index in [0.717, 1.165) is 42.5 Å². The number of carbonyl (C=O) groups excluding carboxylic acids is 2. The maximum absolute atomic E-state index is 13.3. The van der Waals surface area contributed by atoms with Crippen molar-refractivity contribution in [1.82, 2.24) is 0 Å². The van der Waals surface area contributed by atoms with Gasteiger partial charge in [0.1, 0.15) is 0 Å². The molecule has 7 nitrogen and oxygen atoms in total. The van der Waals surface area contributed by atoms with Crippen molar-refractivity contribution in [2.24, 2.45) is 0 Å². The quantitative estimate of drug-likeness (QED) is 0.244. The number of esters is 1. The van der Waals surface area contributed by atoms with Crippen LogP contribution in [0.3, 0.4) is 0 Å². The third-order valence-corrected chi connectivity index (χ3v) is 3.70. The first-order chi connectivity index (χ1) is 14.0. The number of nitro benzene ring substituents is 1. The molecule has 0 saturated carbocycles. The zero-order valence-corrected chi connectivity index (χ0v) is 15.3. The first kappa shape index (κ1) is 22.5. The Hall–Kier alpha value is -3.76. The summed E-state index contributed by atoms with van der Waals surface area (Å²) in [6.07, 6.45) is -3.94. The summed E-state index contributed by atoms with van der Waals surface area (Å²) in [6.45, 7) is 1.21. The summed E-state index contributed by atoms with van der Waals surface area (Å²) < 4.78 is 56.2. The van der Waals surface area contributed by atoms with Crippen LogP contribution in [0.2, 0.25) is 0 Å². The molecule has 0 heterocycles. The Labute approximate surface area is 167 Å². The van der Waals surface area contributed by atoms with Gasteiger partial charge in [-0.25, -0.2) is 4.79 Å². The second-order valence-electron chi connectivity index (χ2n) is 5.95. The summed E-state index contributed by atoms with van der Waals surface area (Å²) in [5.41, 5.74) is -1.73. The predicted octanol–water partition coefficient (Wildman–Crippen LogP) is 4.34. The van der Waals surface area contributed by atoms with E-state index in [1.807, 2.05) is 0 Å². The third-order valence-electron chi connectivity index (χ3n) is 3.70. The normalized spacial score (nSPS) is 12.4. The number of halogens is 4. The van der Waals surface area contributed by atoms with Gasteiger partial charge in [0.2, 0.25) is 5.82 Å². The highest BCUT2D eigenvalue weighted by atomic mass is 19.4. The molecule has 1 unspecified atom stereocenters. The molecule has 2 rings (SSSR count). The number of nitrogens with zero attached hydrogens (tertiary/aromatic N) is 1. The van der Waals surface area contributed by atoms with E-state index in [1.54, 1.807) is 0 Å². The van der Waals surface area contributed by atoms with E-state index in [4.69, 9.17) is 4.74 Å². The third kappa shape index (κ3) is 6.12. The van der Waals surface area contributed by atoms with Crippen LogP contribution in [0.25, 0.3) is 6.08 Å². The number of nitrogens with one attached hydrogen (secondary N) is 1. The van der Waals surface area contributed by atoms with Crippen molar-refractivity contribution in [2.75, 3.05) is 5.32 Å². The van der Waals surface area contributed by atoms with Crippen molar-refractivity contribution < 1.29 is 36.8 Å². The predicted molar refractivity (Wildman–Crippen MR) is 97.7 cm³/mol. The first-order valence-electron chi connectivity index (χ1n) is 8.28. The van der Waals surface area contributed by atoms with Crippen molar-refractivity contribution in [3.63, 3.8) is 0 Å². The molecule has 0 aliphatic rings. The van der Waals surface area contributed by atoms with Gasteiger partial charge in [-0.1, -0.05) is 12.1 Å². The van der Waals surface area contributed by atoms with E-state index < -0.39 is 46.1 Å². The summed E-state index contributed by atoms with van der Waals surface area (Å²) >= 11 is 0. The van der Waals surface area contributed by atoms with Gasteiger partial charge in [-0.2, -0.15) is 17.6 Å². The molecule has 1 N–H and O–H groups in total. The number of nitro groups is 1. The van der Waals surface area contributed by atoms with Gasteiger partial charge < -0.3 is 10.1 Å². The second-order valence-corrected chi connectivity index (χ2v) is 5.95.